The van der Waals surface area contributed by atoms with Gasteiger partial charge in [-0.2, -0.15) is 13.7 Å². The monoisotopic (exact) mass is 302 g/mol. The minimum atomic E-state index is -4.59. The van der Waals surface area contributed by atoms with Crippen molar-refractivity contribution in [2.24, 2.45) is 5.92 Å². The molecule has 0 spiro atoms. The van der Waals surface area contributed by atoms with Crippen molar-refractivity contribution in [3.8, 4) is 6.07 Å². The van der Waals surface area contributed by atoms with Gasteiger partial charge < -0.3 is 4.90 Å². The molecule has 0 N–H and O–H groups in total. The summed E-state index contributed by atoms with van der Waals surface area (Å²) in [7, 11) is -4.59. The number of anilines is 1. The zero-order valence-corrected chi connectivity index (χ0v) is 11.7. The van der Waals surface area contributed by atoms with Crippen molar-refractivity contribution in [3.05, 3.63) is 16.5 Å². The van der Waals surface area contributed by atoms with E-state index in [1.165, 1.54) is 16.2 Å². The summed E-state index contributed by atoms with van der Waals surface area (Å²) in [6.07, 6.45) is -0.00896. The molecule has 1 aromatic heterocycles. The van der Waals surface area contributed by atoms with Crippen molar-refractivity contribution in [1.29, 1.82) is 5.26 Å². The predicted molar refractivity (Wildman–Crippen MR) is 69.1 cm³/mol. The number of nitrogens with zero attached hydrogens (tertiary/aromatic N) is 2. The van der Waals surface area contributed by atoms with Crippen LogP contribution < -0.4 is 4.90 Å². The number of carbonyl (C=O) groups excluding carboxylic acids is 1. The number of thiophene rings is 1. The Bertz CT molecular complexity index is 660. The zero-order valence-electron chi connectivity index (χ0n) is 10.1. The van der Waals surface area contributed by atoms with Gasteiger partial charge in [0.2, 0.25) is 5.91 Å². The Balaban J connectivity index is 2.23. The lowest BCUT2D eigenvalue weighted by atomic mass is 10.1. The molecule has 1 fully saturated rings. The molecule has 8 heteroatoms. The summed E-state index contributed by atoms with van der Waals surface area (Å²) < 4.78 is 33.9. The van der Waals surface area contributed by atoms with E-state index in [9.17, 15) is 17.1 Å². The molecule has 0 aliphatic carbocycles. The molecule has 102 valence electrons. The Morgan fingerprint density at radius 1 is 1.63 bits per heavy atom. The molecular weight excluding hydrogens is 291 g/mol. The van der Waals surface area contributed by atoms with Crippen LogP contribution in [0, 0.1) is 24.2 Å². The maximum Gasteiger partial charge on any atom is 0.302 e. The van der Waals surface area contributed by atoms with E-state index in [-0.39, 0.29) is 18.9 Å². The molecule has 1 aromatic rings. The highest BCUT2D eigenvalue weighted by Gasteiger charge is 2.35. The van der Waals surface area contributed by atoms with Gasteiger partial charge in [-0.1, -0.05) is 0 Å². The van der Waals surface area contributed by atoms with Crippen LogP contribution in [0.15, 0.2) is 6.07 Å². The number of halogens is 1. The van der Waals surface area contributed by atoms with Crippen LogP contribution in [0.1, 0.15) is 16.9 Å². The maximum absolute atomic E-state index is 12.6. The van der Waals surface area contributed by atoms with Gasteiger partial charge >= 0.3 is 10.2 Å². The first-order valence-electron chi connectivity index (χ1n) is 5.53. The van der Waals surface area contributed by atoms with Crippen LogP contribution >= 0.6 is 11.3 Å². The molecule has 2 rings (SSSR count). The smallest absolute Gasteiger partial charge is 0.302 e. The van der Waals surface area contributed by atoms with E-state index < -0.39 is 21.9 Å². The molecule has 1 aliphatic rings. The van der Waals surface area contributed by atoms with Gasteiger partial charge in [-0.25, -0.2) is 0 Å². The SMILES string of the molecule is Cc1cc(C#N)c(N2CC(CS(=O)(=O)F)CC2=O)s1. The molecule has 1 saturated heterocycles. The predicted octanol–water partition coefficient (Wildman–Crippen LogP) is 1.58. The number of amides is 1. The summed E-state index contributed by atoms with van der Waals surface area (Å²) in [5.74, 6) is -1.48. The minimum Gasteiger partial charge on any atom is -0.302 e. The van der Waals surface area contributed by atoms with Crippen LogP contribution in [0.2, 0.25) is 0 Å². The van der Waals surface area contributed by atoms with Gasteiger partial charge in [0.15, 0.2) is 0 Å². The van der Waals surface area contributed by atoms with Gasteiger partial charge in [0.05, 0.1) is 11.3 Å². The third-order valence-corrected chi connectivity index (χ3v) is 4.78. The van der Waals surface area contributed by atoms with Crippen molar-refractivity contribution in [2.45, 2.75) is 13.3 Å². The topological polar surface area (TPSA) is 78.2 Å². The Hall–Kier alpha value is -1.46. The number of hydrogen-bond acceptors (Lipinski definition) is 5. The molecule has 1 amide bonds. The Morgan fingerprint density at radius 3 is 2.89 bits per heavy atom. The Kier molecular flexibility index (Phi) is 3.60. The van der Waals surface area contributed by atoms with Gasteiger partial charge in [-0.05, 0) is 13.0 Å². The van der Waals surface area contributed by atoms with Crippen LogP contribution in [0.3, 0.4) is 0 Å². The van der Waals surface area contributed by atoms with Crippen molar-refractivity contribution in [1.82, 2.24) is 0 Å². The summed E-state index contributed by atoms with van der Waals surface area (Å²) >= 11 is 1.30. The fourth-order valence-electron chi connectivity index (χ4n) is 2.15. The molecule has 5 nitrogen and oxygen atoms in total. The van der Waals surface area contributed by atoms with E-state index in [1.54, 1.807) is 6.07 Å². The molecule has 1 atom stereocenters. The summed E-state index contributed by atoms with van der Waals surface area (Å²) in [5.41, 5.74) is 0.389. The van der Waals surface area contributed by atoms with Crippen LogP contribution in [0.25, 0.3) is 0 Å². The van der Waals surface area contributed by atoms with Gasteiger partial charge in [-0.3, -0.25) is 4.79 Å². The Morgan fingerprint density at radius 2 is 2.32 bits per heavy atom. The standard InChI is InChI=1S/C11H11FN2O3S2/c1-7-2-9(4-13)11(18-7)14-5-8(3-10(14)15)6-19(12,16)17/h2,8H,3,5-6H2,1H3. The second-order valence-electron chi connectivity index (χ2n) is 4.47. The normalized spacial score (nSPS) is 19.7. The summed E-state index contributed by atoms with van der Waals surface area (Å²) in [6.45, 7) is 1.95. The second-order valence-corrected chi connectivity index (χ2v) is 7.11. The van der Waals surface area contributed by atoms with E-state index >= 15 is 0 Å². The van der Waals surface area contributed by atoms with Crippen LogP contribution in [0.5, 0.6) is 0 Å². The highest BCUT2D eigenvalue weighted by Crippen LogP contribution is 2.35. The summed E-state index contributed by atoms with van der Waals surface area (Å²) in [5, 5.41) is 9.51. The van der Waals surface area contributed by atoms with Gasteiger partial charge in [0.1, 0.15) is 11.1 Å². The van der Waals surface area contributed by atoms with Crippen LogP contribution in [0.4, 0.5) is 8.89 Å². The van der Waals surface area contributed by atoms with Crippen molar-refractivity contribution >= 4 is 32.5 Å². The summed E-state index contributed by atoms with van der Waals surface area (Å²) in [6, 6.07) is 3.67. The maximum atomic E-state index is 12.6. The molecule has 1 unspecified atom stereocenters. The first kappa shape index (κ1) is 14.0. The highest BCUT2D eigenvalue weighted by molar-refractivity contribution is 7.86. The van der Waals surface area contributed by atoms with Crippen molar-refractivity contribution < 1.29 is 17.1 Å². The number of rotatable bonds is 3. The van der Waals surface area contributed by atoms with Gasteiger partial charge in [-0.15, -0.1) is 15.2 Å². The average molecular weight is 302 g/mol. The molecule has 1 aliphatic heterocycles. The first-order valence-corrected chi connectivity index (χ1v) is 7.90. The van der Waals surface area contributed by atoms with Crippen molar-refractivity contribution in [3.63, 3.8) is 0 Å². The zero-order chi connectivity index (χ0) is 14.2. The van der Waals surface area contributed by atoms with Gasteiger partial charge in [0.25, 0.3) is 0 Å². The fraction of sp³-hybridized carbons (Fsp3) is 0.455. The quantitative estimate of drug-likeness (QED) is 0.794. The van der Waals surface area contributed by atoms with E-state index in [0.717, 1.165) is 4.88 Å². The molecule has 0 bridgehead atoms. The van der Waals surface area contributed by atoms with Crippen LogP contribution in [-0.2, 0) is 15.0 Å². The lowest BCUT2D eigenvalue weighted by Gasteiger charge is -2.14. The third kappa shape index (κ3) is 3.11. The number of hydrogen-bond donors (Lipinski definition) is 0. The van der Waals surface area contributed by atoms with E-state index in [4.69, 9.17) is 5.26 Å². The van der Waals surface area contributed by atoms with Gasteiger partial charge in [0, 0.05) is 23.8 Å². The number of aryl methyl sites for hydroxylation is 1. The molecular formula is C11H11FN2O3S2. The van der Waals surface area contributed by atoms with E-state index in [2.05, 4.69) is 0 Å². The van der Waals surface area contributed by atoms with E-state index in [1.807, 2.05) is 13.0 Å². The van der Waals surface area contributed by atoms with Crippen LogP contribution in [-0.4, -0.2) is 26.6 Å². The molecule has 0 saturated carbocycles. The molecule has 19 heavy (non-hydrogen) atoms. The number of nitriles is 1. The second kappa shape index (κ2) is 4.90. The average Bonchev–Trinajstić information content (AvgIpc) is 2.79. The van der Waals surface area contributed by atoms with E-state index in [0.29, 0.717) is 10.6 Å². The molecule has 2 heterocycles. The third-order valence-electron chi connectivity index (χ3n) is 2.84. The van der Waals surface area contributed by atoms with Crippen molar-refractivity contribution in [2.75, 3.05) is 17.2 Å². The highest BCUT2D eigenvalue weighted by atomic mass is 32.3. The fourth-order valence-corrected chi connectivity index (χ4v) is 3.92. The lowest BCUT2D eigenvalue weighted by Crippen LogP contribution is -2.25. The largest absolute Gasteiger partial charge is 0.302 e. The summed E-state index contributed by atoms with van der Waals surface area (Å²) in [4.78, 5) is 14.1. The number of carbonyl (C=O) groups is 1. The lowest BCUT2D eigenvalue weighted by molar-refractivity contribution is -0.117. The molecule has 0 radical (unpaired) electrons. The first-order chi connectivity index (χ1) is 8.80. The molecule has 0 aromatic carbocycles. The Labute approximate surface area is 114 Å². The minimum absolute atomic E-state index is 0.00896.